The van der Waals surface area contributed by atoms with E-state index in [0.717, 1.165) is 64.2 Å². The SMILES string of the molecule is CCCCC/C=C\C/C=C\CCCCCCCCCCCCCCCCCC(=O)OC(/C=C/CCCCCCCCCCCCC)C(COP(=O)(O)OCC[N+](C)(C)C)NC(=O)CCCCCCCCCCCCCCCCCCCCCCCCCCCCC. The lowest BCUT2D eigenvalue weighted by molar-refractivity contribution is -0.870. The van der Waals surface area contributed by atoms with Gasteiger partial charge in [0.05, 0.1) is 33.8 Å². The zero-order chi connectivity index (χ0) is 66.3. The van der Waals surface area contributed by atoms with Gasteiger partial charge in [-0.1, -0.05) is 379 Å². The molecular weight excluding hydrogens is 1140 g/mol. The molecule has 0 spiro atoms. The van der Waals surface area contributed by atoms with Gasteiger partial charge in [0.15, 0.2) is 0 Å². The molecule has 91 heavy (non-hydrogen) atoms. The van der Waals surface area contributed by atoms with Gasteiger partial charge in [-0.05, 0) is 63.9 Å². The largest absolute Gasteiger partial charge is 0.472 e. The minimum absolute atomic E-state index is 0.0441. The summed E-state index contributed by atoms with van der Waals surface area (Å²) in [4.78, 5) is 38.1. The topological polar surface area (TPSA) is 111 Å². The number of allylic oxidation sites excluding steroid dienone is 5. The van der Waals surface area contributed by atoms with E-state index in [1.165, 1.54) is 321 Å². The second-order valence-electron chi connectivity index (χ2n) is 29.0. The molecule has 0 saturated carbocycles. The van der Waals surface area contributed by atoms with Gasteiger partial charge in [-0.2, -0.15) is 0 Å². The van der Waals surface area contributed by atoms with E-state index in [2.05, 4.69) is 56.5 Å². The first-order valence-electron chi connectivity index (χ1n) is 40.3. The van der Waals surface area contributed by atoms with E-state index >= 15 is 0 Å². The normalized spacial score (nSPS) is 13.5. The molecule has 0 fully saturated rings. The Kier molecular flexibility index (Phi) is 69.6. The van der Waals surface area contributed by atoms with Crippen LogP contribution in [-0.4, -0.2) is 74.3 Å². The summed E-state index contributed by atoms with van der Waals surface area (Å²) in [7, 11) is 1.52. The van der Waals surface area contributed by atoms with Crippen LogP contribution in [0.15, 0.2) is 36.5 Å². The number of esters is 1. The predicted molar refractivity (Wildman–Crippen MR) is 397 cm³/mol. The maximum absolute atomic E-state index is 13.7. The molecule has 0 radical (unpaired) electrons. The van der Waals surface area contributed by atoms with Gasteiger partial charge in [-0.15, -0.1) is 0 Å². The van der Waals surface area contributed by atoms with Gasteiger partial charge < -0.3 is 19.4 Å². The first kappa shape index (κ1) is 89.2. The van der Waals surface area contributed by atoms with Gasteiger partial charge in [-0.25, -0.2) is 4.57 Å². The van der Waals surface area contributed by atoms with Gasteiger partial charge in [0.1, 0.15) is 19.3 Å². The fourth-order valence-corrected chi connectivity index (χ4v) is 13.1. The van der Waals surface area contributed by atoms with Crippen molar-refractivity contribution in [2.24, 2.45) is 0 Å². The lowest BCUT2D eigenvalue weighted by Gasteiger charge is -2.27. The number of phosphoric acid groups is 1. The third-order valence-corrected chi connectivity index (χ3v) is 19.6. The Labute approximate surface area is 567 Å². The zero-order valence-electron chi connectivity index (χ0n) is 61.9. The van der Waals surface area contributed by atoms with E-state index in [9.17, 15) is 19.0 Å². The lowest BCUT2D eigenvalue weighted by atomic mass is 10.0. The third-order valence-electron chi connectivity index (χ3n) is 18.6. The Morgan fingerprint density at radius 1 is 0.385 bits per heavy atom. The molecule has 1 amide bonds. The molecule has 3 unspecified atom stereocenters. The van der Waals surface area contributed by atoms with Crippen molar-refractivity contribution in [3.8, 4) is 0 Å². The number of amides is 1. The van der Waals surface area contributed by atoms with Gasteiger partial charge in [0.2, 0.25) is 5.91 Å². The summed E-state index contributed by atoms with van der Waals surface area (Å²) >= 11 is 0. The number of likely N-dealkylation sites (N-methyl/N-ethyl adjacent to an activating group) is 1. The minimum atomic E-state index is -4.46. The third kappa shape index (κ3) is 72.3. The highest BCUT2D eigenvalue weighted by atomic mass is 31.2. The van der Waals surface area contributed by atoms with Crippen molar-refractivity contribution in [1.29, 1.82) is 0 Å². The molecule has 0 aromatic heterocycles. The molecule has 0 aromatic rings. The van der Waals surface area contributed by atoms with Gasteiger partial charge in [0, 0.05) is 12.8 Å². The van der Waals surface area contributed by atoms with Crippen molar-refractivity contribution in [3.63, 3.8) is 0 Å². The van der Waals surface area contributed by atoms with Crippen molar-refractivity contribution >= 4 is 19.7 Å². The molecular formula is C81H158N2O7P+. The smallest absolute Gasteiger partial charge is 0.456 e. The van der Waals surface area contributed by atoms with Crippen molar-refractivity contribution in [1.82, 2.24) is 5.32 Å². The maximum Gasteiger partial charge on any atom is 0.472 e. The van der Waals surface area contributed by atoms with E-state index in [-0.39, 0.29) is 25.1 Å². The van der Waals surface area contributed by atoms with E-state index in [4.69, 9.17) is 13.8 Å². The van der Waals surface area contributed by atoms with Gasteiger partial charge >= 0.3 is 13.8 Å². The number of unbranched alkanes of at least 4 members (excludes halogenated alkanes) is 55. The van der Waals surface area contributed by atoms with Crippen LogP contribution in [0.25, 0.3) is 0 Å². The Balaban J connectivity index is 4.91. The van der Waals surface area contributed by atoms with E-state index in [1.54, 1.807) is 0 Å². The molecule has 0 aromatic carbocycles. The number of carbonyl (C=O) groups is 2. The zero-order valence-corrected chi connectivity index (χ0v) is 62.8. The molecule has 2 N–H and O–H groups in total. The number of quaternary nitrogens is 1. The number of nitrogens with zero attached hydrogens (tertiary/aromatic N) is 1. The average Bonchev–Trinajstić information content (AvgIpc) is 3.70. The molecule has 538 valence electrons. The summed E-state index contributed by atoms with van der Waals surface area (Å²) < 4.78 is 31.0. The van der Waals surface area contributed by atoms with Crippen LogP contribution < -0.4 is 5.32 Å². The Bertz CT molecular complexity index is 1650. The van der Waals surface area contributed by atoms with Crippen molar-refractivity contribution < 1.29 is 37.3 Å². The van der Waals surface area contributed by atoms with Crippen LogP contribution in [0.4, 0.5) is 0 Å². The average molecular weight is 1300 g/mol. The molecule has 0 rings (SSSR count). The number of carbonyl (C=O) groups excluding carboxylic acids is 2. The van der Waals surface area contributed by atoms with Crippen molar-refractivity contribution in [2.45, 2.75) is 431 Å². The number of ether oxygens (including phenoxy) is 1. The molecule has 9 nitrogen and oxygen atoms in total. The van der Waals surface area contributed by atoms with E-state index in [1.807, 2.05) is 27.2 Å². The van der Waals surface area contributed by atoms with Crippen LogP contribution in [-0.2, 0) is 27.9 Å². The number of phosphoric ester groups is 1. The van der Waals surface area contributed by atoms with Gasteiger partial charge in [-0.3, -0.25) is 18.6 Å². The van der Waals surface area contributed by atoms with Crippen LogP contribution in [0.5, 0.6) is 0 Å². The number of hydrogen-bond donors (Lipinski definition) is 2. The van der Waals surface area contributed by atoms with Crippen molar-refractivity contribution in [3.05, 3.63) is 36.5 Å². The van der Waals surface area contributed by atoms with Crippen molar-refractivity contribution in [2.75, 3.05) is 40.9 Å². The highest BCUT2D eigenvalue weighted by molar-refractivity contribution is 7.47. The minimum Gasteiger partial charge on any atom is -0.456 e. The van der Waals surface area contributed by atoms with Gasteiger partial charge in [0.25, 0.3) is 0 Å². The Hall–Kier alpha value is -1.77. The summed E-state index contributed by atoms with van der Waals surface area (Å²) in [5.41, 5.74) is 0. The van der Waals surface area contributed by atoms with Crippen LogP contribution in [0, 0.1) is 0 Å². The number of nitrogens with one attached hydrogen (secondary N) is 1. The molecule has 0 aliphatic rings. The standard InChI is InChI=1S/C81H157N2O7P/c1-7-10-13-16-19-22-25-28-30-32-34-36-38-40-41-43-44-46-48-50-52-55-58-61-64-67-70-73-80(84)82-78(77-89-91(86,87)88-76-75-83(4,5)6)79(72-69-66-63-60-57-54-27-24-21-18-15-12-9-3)90-81(85)74-71-68-65-62-59-56-53-51-49-47-45-42-39-37-35-33-31-29-26-23-20-17-14-11-8-2/h20,23,29,31,69,72,78-79H,7-19,21-22,24-28,30,32-68,70-71,73-77H2,1-6H3,(H-,82,84,86,87)/p+1/b23-20-,31-29-,72-69+. The fraction of sp³-hybridized carbons (Fsp3) is 0.901. The molecule has 10 heteroatoms. The highest BCUT2D eigenvalue weighted by Gasteiger charge is 2.30. The molecule has 0 bridgehead atoms. The first-order valence-corrected chi connectivity index (χ1v) is 41.8. The summed E-state index contributed by atoms with van der Waals surface area (Å²) in [6.45, 7) is 7.07. The summed E-state index contributed by atoms with van der Waals surface area (Å²) in [6.07, 6.45) is 90.4. The number of rotatable bonds is 75. The Morgan fingerprint density at radius 2 is 0.670 bits per heavy atom. The quantitative estimate of drug-likeness (QED) is 0.0205. The second-order valence-corrected chi connectivity index (χ2v) is 30.4. The first-order chi connectivity index (χ1) is 44.4. The highest BCUT2D eigenvalue weighted by Crippen LogP contribution is 2.43. The monoisotopic (exact) mass is 1300 g/mol. The molecule has 3 atom stereocenters. The second kappa shape index (κ2) is 71.0. The van der Waals surface area contributed by atoms with Crippen LogP contribution >= 0.6 is 7.82 Å². The van der Waals surface area contributed by atoms with E-state index in [0.29, 0.717) is 23.9 Å². The predicted octanol–water partition coefficient (Wildman–Crippen LogP) is 26.1. The van der Waals surface area contributed by atoms with E-state index < -0.39 is 20.0 Å². The molecule has 0 aliphatic carbocycles. The molecule has 0 aliphatic heterocycles. The summed E-state index contributed by atoms with van der Waals surface area (Å²) in [6, 6.07) is -0.846. The summed E-state index contributed by atoms with van der Waals surface area (Å²) in [5, 5.41) is 3.09. The Morgan fingerprint density at radius 3 is 1.01 bits per heavy atom. The maximum atomic E-state index is 13.7. The molecule has 0 saturated heterocycles. The number of hydrogen-bond acceptors (Lipinski definition) is 6. The van der Waals surface area contributed by atoms with Crippen LogP contribution in [0.3, 0.4) is 0 Å². The summed E-state index contributed by atoms with van der Waals surface area (Å²) in [5.74, 6) is -0.478. The van der Waals surface area contributed by atoms with Crippen LogP contribution in [0.1, 0.15) is 419 Å². The molecule has 0 heterocycles. The fourth-order valence-electron chi connectivity index (χ4n) is 12.4. The lowest BCUT2D eigenvalue weighted by Crippen LogP contribution is -2.47. The van der Waals surface area contributed by atoms with Crippen LogP contribution in [0.2, 0.25) is 0 Å².